The highest BCUT2D eigenvalue weighted by atomic mass is 16.5. The van der Waals surface area contributed by atoms with E-state index in [-0.39, 0.29) is 6.10 Å². The number of hydrogen-bond donors (Lipinski definition) is 1. The Morgan fingerprint density at radius 1 is 1.22 bits per heavy atom. The summed E-state index contributed by atoms with van der Waals surface area (Å²) in [5.41, 5.74) is 0.364. The third kappa shape index (κ3) is 2.69. The molecule has 0 spiro atoms. The highest BCUT2D eigenvalue weighted by Crippen LogP contribution is 2.49. The zero-order valence-corrected chi connectivity index (χ0v) is 11.8. The molecule has 2 nitrogen and oxygen atoms in total. The van der Waals surface area contributed by atoms with Gasteiger partial charge in [0.1, 0.15) is 5.75 Å². The topological polar surface area (TPSA) is 29.5 Å². The molecule has 100 valence electrons. The summed E-state index contributed by atoms with van der Waals surface area (Å²) in [7, 11) is 0. The predicted molar refractivity (Wildman–Crippen MR) is 73.7 cm³/mol. The summed E-state index contributed by atoms with van der Waals surface area (Å²) < 4.78 is 5.68. The van der Waals surface area contributed by atoms with Crippen LogP contribution in [0, 0.1) is 11.8 Å². The maximum Gasteiger partial charge on any atom is 0.120 e. The molecule has 1 aliphatic carbocycles. The summed E-state index contributed by atoms with van der Waals surface area (Å²) >= 11 is 0. The van der Waals surface area contributed by atoms with Crippen LogP contribution in [0.25, 0.3) is 0 Å². The molecule has 1 fully saturated rings. The fourth-order valence-electron chi connectivity index (χ4n) is 2.65. The monoisotopic (exact) mass is 248 g/mol. The highest BCUT2D eigenvalue weighted by Gasteiger charge is 2.44. The first kappa shape index (κ1) is 13.4. The van der Waals surface area contributed by atoms with E-state index in [1.54, 1.807) is 0 Å². The highest BCUT2D eigenvalue weighted by molar-refractivity contribution is 5.34. The summed E-state index contributed by atoms with van der Waals surface area (Å²) in [4.78, 5) is 0. The fraction of sp³-hybridized carbons (Fsp3) is 0.625. The lowest BCUT2D eigenvalue weighted by atomic mass is 9.63. The summed E-state index contributed by atoms with van der Waals surface area (Å²) in [6.45, 7) is 8.48. The molecule has 0 aromatic heterocycles. The van der Waals surface area contributed by atoms with Crippen molar-refractivity contribution in [3.8, 4) is 5.75 Å². The van der Waals surface area contributed by atoms with Gasteiger partial charge < -0.3 is 9.84 Å². The van der Waals surface area contributed by atoms with Crippen molar-refractivity contribution in [2.75, 3.05) is 0 Å². The number of aliphatic hydroxyl groups is 1. The summed E-state index contributed by atoms with van der Waals surface area (Å²) in [5.74, 6) is 2.15. The van der Waals surface area contributed by atoms with E-state index in [4.69, 9.17) is 4.74 Å². The average molecular weight is 248 g/mol. The van der Waals surface area contributed by atoms with E-state index in [1.165, 1.54) is 0 Å². The van der Waals surface area contributed by atoms with Crippen LogP contribution in [0.4, 0.5) is 0 Å². The van der Waals surface area contributed by atoms with Crippen molar-refractivity contribution in [3.63, 3.8) is 0 Å². The van der Waals surface area contributed by atoms with Gasteiger partial charge in [-0.3, -0.25) is 0 Å². The van der Waals surface area contributed by atoms with E-state index in [0.717, 1.165) is 24.2 Å². The van der Waals surface area contributed by atoms with E-state index in [2.05, 4.69) is 13.8 Å². The molecule has 0 atom stereocenters. The van der Waals surface area contributed by atoms with E-state index in [0.29, 0.717) is 11.8 Å². The smallest absolute Gasteiger partial charge is 0.120 e. The Kier molecular flexibility index (Phi) is 3.67. The SMILES string of the molecule is CC(C)Oc1cccc(C2(O)CC(C(C)C)C2)c1. The predicted octanol–water partition coefficient (Wildman–Crippen LogP) is 3.73. The maximum atomic E-state index is 10.6. The van der Waals surface area contributed by atoms with E-state index in [1.807, 2.05) is 38.1 Å². The second-order valence-electron chi connectivity index (χ2n) is 6.14. The standard InChI is InChI=1S/C16H24O2/c1-11(2)13-9-16(17,10-13)14-6-5-7-15(8-14)18-12(3)4/h5-8,11-13,17H,9-10H2,1-4H3. The third-order valence-electron chi connectivity index (χ3n) is 3.89. The summed E-state index contributed by atoms with van der Waals surface area (Å²) in [6.07, 6.45) is 1.91. The lowest BCUT2D eigenvalue weighted by Gasteiger charge is -2.46. The minimum atomic E-state index is -0.634. The van der Waals surface area contributed by atoms with Crippen LogP contribution in [-0.2, 0) is 5.60 Å². The molecule has 0 bridgehead atoms. The molecule has 0 saturated heterocycles. The third-order valence-corrected chi connectivity index (χ3v) is 3.89. The molecule has 18 heavy (non-hydrogen) atoms. The Bertz CT molecular complexity index is 403. The van der Waals surface area contributed by atoms with Gasteiger partial charge in [-0.05, 0) is 56.2 Å². The molecule has 1 aromatic carbocycles. The van der Waals surface area contributed by atoms with Crippen LogP contribution in [0.5, 0.6) is 5.75 Å². The second kappa shape index (κ2) is 4.93. The van der Waals surface area contributed by atoms with Gasteiger partial charge >= 0.3 is 0 Å². The van der Waals surface area contributed by atoms with Crippen molar-refractivity contribution < 1.29 is 9.84 Å². The number of benzene rings is 1. The van der Waals surface area contributed by atoms with Gasteiger partial charge in [-0.15, -0.1) is 0 Å². The Morgan fingerprint density at radius 2 is 1.89 bits per heavy atom. The number of ether oxygens (including phenoxy) is 1. The summed E-state index contributed by atoms with van der Waals surface area (Å²) in [5, 5.41) is 10.6. The van der Waals surface area contributed by atoms with Crippen molar-refractivity contribution in [2.45, 2.75) is 52.2 Å². The Labute approximate surface area is 110 Å². The molecule has 2 heteroatoms. The Balaban J connectivity index is 2.10. The molecule has 0 unspecified atom stereocenters. The lowest BCUT2D eigenvalue weighted by molar-refractivity contribution is -0.0935. The zero-order valence-electron chi connectivity index (χ0n) is 11.8. The molecule has 0 radical (unpaired) electrons. The van der Waals surface area contributed by atoms with Crippen LogP contribution < -0.4 is 4.74 Å². The first-order valence-corrected chi connectivity index (χ1v) is 6.90. The van der Waals surface area contributed by atoms with Gasteiger partial charge in [0.25, 0.3) is 0 Å². The fourth-order valence-corrected chi connectivity index (χ4v) is 2.65. The van der Waals surface area contributed by atoms with Gasteiger partial charge in [0, 0.05) is 0 Å². The van der Waals surface area contributed by atoms with E-state index in [9.17, 15) is 5.11 Å². The van der Waals surface area contributed by atoms with Gasteiger partial charge in [0.2, 0.25) is 0 Å². The van der Waals surface area contributed by atoms with Gasteiger partial charge in [0.15, 0.2) is 0 Å². The van der Waals surface area contributed by atoms with Gasteiger partial charge in [-0.2, -0.15) is 0 Å². The average Bonchev–Trinajstić information content (AvgIpc) is 2.24. The minimum absolute atomic E-state index is 0.166. The normalized spacial score (nSPS) is 27.4. The first-order valence-electron chi connectivity index (χ1n) is 6.90. The van der Waals surface area contributed by atoms with Gasteiger partial charge in [0.05, 0.1) is 11.7 Å². The van der Waals surface area contributed by atoms with Gasteiger partial charge in [-0.1, -0.05) is 26.0 Å². The van der Waals surface area contributed by atoms with Crippen LogP contribution in [0.3, 0.4) is 0 Å². The summed E-state index contributed by atoms with van der Waals surface area (Å²) in [6, 6.07) is 7.90. The Morgan fingerprint density at radius 3 is 2.44 bits per heavy atom. The lowest BCUT2D eigenvalue weighted by Crippen LogP contribution is -2.43. The van der Waals surface area contributed by atoms with Crippen molar-refractivity contribution in [1.29, 1.82) is 0 Å². The molecular weight excluding hydrogens is 224 g/mol. The molecule has 0 amide bonds. The molecule has 1 N–H and O–H groups in total. The quantitative estimate of drug-likeness (QED) is 0.879. The molecule has 1 aromatic rings. The van der Waals surface area contributed by atoms with Crippen LogP contribution in [0.2, 0.25) is 0 Å². The van der Waals surface area contributed by atoms with Gasteiger partial charge in [-0.25, -0.2) is 0 Å². The van der Waals surface area contributed by atoms with Crippen molar-refractivity contribution >= 4 is 0 Å². The second-order valence-corrected chi connectivity index (χ2v) is 6.14. The molecule has 1 aliphatic rings. The molecule has 1 saturated carbocycles. The van der Waals surface area contributed by atoms with Crippen LogP contribution in [0.1, 0.15) is 46.1 Å². The minimum Gasteiger partial charge on any atom is -0.491 e. The molecule has 2 rings (SSSR count). The van der Waals surface area contributed by atoms with Crippen molar-refractivity contribution in [1.82, 2.24) is 0 Å². The van der Waals surface area contributed by atoms with Crippen LogP contribution >= 0.6 is 0 Å². The maximum absolute atomic E-state index is 10.6. The van der Waals surface area contributed by atoms with Crippen molar-refractivity contribution in [3.05, 3.63) is 29.8 Å². The number of rotatable bonds is 4. The van der Waals surface area contributed by atoms with E-state index < -0.39 is 5.60 Å². The van der Waals surface area contributed by atoms with Crippen LogP contribution in [0.15, 0.2) is 24.3 Å². The molecule has 0 aliphatic heterocycles. The molecule has 0 heterocycles. The molecular formula is C16H24O2. The largest absolute Gasteiger partial charge is 0.491 e. The van der Waals surface area contributed by atoms with E-state index >= 15 is 0 Å². The van der Waals surface area contributed by atoms with Crippen molar-refractivity contribution in [2.24, 2.45) is 11.8 Å². The first-order chi connectivity index (χ1) is 8.40. The number of hydrogen-bond acceptors (Lipinski definition) is 2. The van der Waals surface area contributed by atoms with Crippen LogP contribution in [-0.4, -0.2) is 11.2 Å². The Hall–Kier alpha value is -1.02. The zero-order chi connectivity index (χ0) is 13.3.